The maximum atomic E-state index is 10.3. The molecule has 2 heteroatoms. The fourth-order valence-electron chi connectivity index (χ4n) is 2.37. The van der Waals surface area contributed by atoms with Crippen molar-refractivity contribution in [2.24, 2.45) is 0 Å². The van der Waals surface area contributed by atoms with Crippen LogP contribution in [0.3, 0.4) is 0 Å². The molecule has 0 heterocycles. The zero-order valence-corrected chi connectivity index (χ0v) is 13.0. The van der Waals surface area contributed by atoms with Gasteiger partial charge in [-0.25, -0.2) is 0 Å². The lowest BCUT2D eigenvalue weighted by atomic mass is 10.1. The summed E-state index contributed by atoms with van der Waals surface area (Å²) < 4.78 is 0. The summed E-state index contributed by atoms with van der Waals surface area (Å²) in [7, 11) is 0. The second kappa shape index (κ2) is 12.2. The van der Waals surface area contributed by atoms with Crippen LogP contribution in [0, 0.1) is 0 Å². The van der Waals surface area contributed by atoms with Crippen LogP contribution in [0.1, 0.15) is 63.4 Å². The van der Waals surface area contributed by atoms with E-state index in [0.29, 0.717) is 6.42 Å². The van der Waals surface area contributed by atoms with Crippen LogP contribution in [0.2, 0.25) is 0 Å². The zero-order chi connectivity index (χ0) is 15.2. The first-order valence-corrected chi connectivity index (χ1v) is 8.20. The Labute approximate surface area is 128 Å². The summed E-state index contributed by atoms with van der Waals surface area (Å²) >= 11 is 0. The normalized spacial score (nSPS) is 11.0. The molecule has 0 atom stereocenters. The molecule has 0 aliphatic rings. The zero-order valence-electron chi connectivity index (χ0n) is 13.0. The molecule has 2 nitrogen and oxygen atoms in total. The SMILES string of the molecule is O=C(O)CCCCCCCCCC=CCc1ccccc1. The average Bonchev–Trinajstić information content (AvgIpc) is 2.49. The Morgan fingerprint density at radius 2 is 1.48 bits per heavy atom. The molecule has 0 bridgehead atoms. The molecule has 0 amide bonds. The van der Waals surface area contributed by atoms with E-state index in [1.165, 1.54) is 44.1 Å². The molecule has 0 spiro atoms. The summed E-state index contributed by atoms with van der Waals surface area (Å²) in [6, 6.07) is 10.5. The minimum Gasteiger partial charge on any atom is -0.481 e. The summed E-state index contributed by atoms with van der Waals surface area (Å²) in [5.41, 5.74) is 1.37. The van der Waals surface area contributed by atoms with E-state index in [1.807, 2.05) is 0 Å². The monoisotopic (exact) mass is 288 g/mol. The molecular weight excluding hydrogens is 260 g/mol. The predicted molar refractivity (Wildman–Crippen MR) is 88.5 cm³/mol. The van der Waals surface area contributed by atoms with Crippen LogP contribution >= 0.6 is 0 Å². The van der Waals surface area contributed by atoms with E-state index in [0.717, 1.165) is 19.3 Å². The molecule has 0 saturated carbocycles. The van der Waals surface area contributed by atoms with Gasteiger partial charge in [0.05, 0.1) is 0 Å². The van der Waals surface area contributed by atoms with Gasteiger partial charge in [-0.1, -0.05) is 74.6 Å². The van der Waals surface area contributed by atoms with Gasteiger partial charge in [0.25, 0.3) is 0 Å². The smallest absolute Gasteiger partial charge is 0.303 e. The lowest BCUT2D eigenvalue weighted by Crippen LogP contribution is -1.93. The van der Waals surface area contributed by atoms with Gasteiger partial charge in [0.15, 0.2) is 0 Å². The first-order chi connectivity index (χ1) is 10.3. The van der Waals surface area contributed by atoms with Gasteiger partial charge in [0.1, 0.15) is 0 Å². The Kier molecular flexibility index (Phi) is 10.1. The predicted octanol–water partition coefficient (Wildman–Crippen LogP) is 5.38. The minimum absolute atomic E-state index is 0.326. The number of hydrogen-bond donors (Lipinski definition) is 1. The van der Waals surface area contributed by atoms with E-state index in [2.05, 4.69) is 42.5 Å². The van der Waals surface area contributed by atoms with Gasteiger partial charge < -0.3 is 5.11 Å². The molecule has 1 rings (SSSR count). The molecular formula is C19H28O2. The van der Waals surface area contributed by atoms with Crippen molar-refractivity contribution in [1.82, 2.24) is 0 Å². The second-order valence-corrected chi connectivity index (χ2v) is 5.57. The molecule has 0 saturated heterocycles. The third-order valence-electron chi connectivity index (χ3n) is 3.62. The van der Waals surface area contributed by atoms with Gasteiger partial charge in [-0.3, -0.25) is 4.79 Å². The molecule has 116 valence electrons. The first kappa shape index (κ1) is 17.5. The van der Waals surface area contributed by atoms with Gasteiger partial charge in [-0.15, -0.1) is 0 Å². The first-order valence-electron chi connectivity index (χ1n) is 8.20. The summed E-state index contributed by atoms with van der Waals surface area (Å²) in [6.07, 6.45) is 15.2. The lowest BCUT2D eigenvalue weighted by molar-refractivity contribution is -0.137. The highest BCUT2D eigenvalue weighted by atomic mass is 16.4. The topological polar surface area (TPSA) is 37.3 Å². The summed E-state index contributed by atoms with van der Waals surface area (Å²) in [5, 5.41) is 8.52. The molecule has 1 N–H and O–H groups in total. The number of carboxylic acids is 1. The number of allylic oxidation sites excluding steroid dienone is 2. The standard InChI is InChI=1S/C19H28O2/c20-19(21)17-13-8-6-4-2-1-3-5-7-10-14-18-15-11-9-12-16-18/h7,9-12,15-16H,1-6,8,13-14,17H2,(H,20,21). The fraction of sp³-hybridized carbons (Fsp3) is 0.526. The van der Waals surface area contributed by atoms with Gasteiger partial charge in [-0.05, 0) is 31.2 Å². The quantitative estimate of drug-likeness (QED) is 0.414. The summed E-state index contributed by atoms with van der Waals surface area (Å²) in [5.74, 6) is -0.669. The third kappa shape index (κ3) is 10.8. The number of carbonyl (C=O) groups is 1. The molecule has 0 aliphatic carbocycles. The highest BCUT2D eigenvalue weighted by Crippen LogP contribution is 2.10. The number of rotatable bonds is 12. The molecule has 0 radical (unpaired) electrons. The number of unbranched alkanes of at least 4 members (excludes halogenated alkanes) is 7. The largest absolute Gasteiger partial charge is 0.481 e. The van der Waals surface area contributed by atoms with Crippen molar-refractivity contribution in [1.29, 1.82) is 0 Å². The number of carboxylic acid groups (broad SMARTS) is 1. The highest BCUT2D eigenvalue weighted by Gasteiger charge is 1.96. The number of benzene rings is 1. The fourth-order valence-corrected chi connectivity index (χ4v) is 2.37. The number of hydrogen-bond acceptors (Lipinski definition) is 1. The van der Waals surface area contributed by atoms with Crippen LogP contribution in [0.4, 0.5) is 0 Å². The third-order valence-corrected chi connectivity index (χ3v) is 3.62. The Balaban J connectivity index is 1.85. The van der Waals surface area contributed by atoms with E-state index in [-0.39, 0.29) is 0 Å². The van der Waals surface area contributed by atoms with Crippen molar-refractivity contribution in [2.45, 2.75) is 64.2 Å². The summed E-state index contributed by atoms with van der Waals surface area (Å²) in [6.45, 7) is 0. The van der Waals surface area contributed by atoms with Crippen LogP contribution in [0.15, 0.2) is 42.5 Å². The van der Waals surface area contributed by atoms with Gasteiger partial charge >= 0.3 is 5.97 Å². The summed E-state index contributed by atoms with van der Waals surface area (Å²) in [4.78, 5) is 10.3. The van der Waals surface area contributed by atoms with Crippen molar-refractivity contribution in [3.63, 3.8) is 0 Å². The van der Waals surface area contributed by atoms with Crippen molar-refractivity contribution < 1.29 is 9.90 Å². The van der Waals surface area contributed by atoms with Gasteiger partial charge in [-0.2, -0.15) is 0 Å². The minimum atomic E-state index is -0.669. The van der Waals surface area contributed by atoms with Gasteiger partial charge in [0, 0.05) is 6.42 Å². The second-order valence-electron chi connectivity index (χ2n) is 5.57. The molecule has 0 unspecified atom stereocenters. The van der Waals surface area contributed by atoms with E-state index in [9.17, 15) is 4.79 Å². The van der Waals surface area contributed by atoms with E-state index >= 15 is 0 Å². The average molecular weight is 288 g/mol. The van der Waals surface area contributed by atoms with E-state index in [4.69, 9.17) is 5.11 Å². The molecule has 0 aromatic heterocycles. The maximum absolute atomic E-state index is 10.3. The van der Waals surface area contributed by atoms with E-state index < -0.39 is 5.97 Å². The Morgan fingerprint density at radius 3 is 2.14 bits per heavy atom. The van der Waals surface area contributed by atoms with Crippen molar-refractivity contribution >= 4 is 5.97 Å². The molecule has 0 fully saturated rings. The molecule has 0 aliphatic heterocycles. The Morgan fingerprint density at radius 1 is 0.857 bits per heavy atom. The molecule has 1 aromatic rings. The number of aliphatic carboxylic acids is 1. The molecule has 21 heavy (non-hydrogen) atoms. The lowest BCUT2D eigenvalue weighted by Gasteiger charge is -2.00. The van der Waals surface area contributed by atoms with Crippen LogP contribution in [0.5, 0.6) is 0 Å². The van der Waals surface area contributed by atoms with Crippen LogP contribution in [0.25, 0.3) is 0 Å². The molecule has 1 aromatic carbocycles. The van der Waals surface area contributed by atoms with Crippen LogP contribution in [-0.4, -0.2) is 11.1 Å². The highest BCUT2D eigenvalue weighted by molar-refractivity contribution is 5.66. The van der Waals surface area contributed by atoms with Crippen molar-refractivity contribution in [3.8, 4) is 0 Å². The van der Waals surface area contributed by atoms with Crippen LogP contribution < -0.4 is 0 Å². The maximum Gasteiger partial charge on any atom is 0.303 e. The Hall–Kier alpha value is -1.57. The van der Waals surface area contributed by atoms with Crippen molar-refractivity contribution in [3.05, 3.63) is 48.0 Å². The van der Waals surface area contributed by atoms with Gasteiger partial charge in [0.2, 0.25) is 0 Å². The van der Waals surface area contributed by atoms with Crippen LogP contribution in [-0.2, 0) is 11.2 Å². The Bertz CT molecular complexity index is 395. The van der Waals surface area contributed by atoms with Crippen molar-refractivity contribution in [2.75, 3.05) is 0 Å². The van der Waals surface area contributed by atoms with E-state index in [1.54, 1.807) is 0 Å².